The lowest BCUT2D eigenvalue weighted by Crippen LogP contribution is -2.45. The second-order valence-electron chi connectivity index (χ2n) is 4.36. The molecule has 2 saturated heterocycles. The Hall–Kier alpha value is -1.32. The Morgan fingerprint density at radius 3 is 2.95 bits per heavy atom. The predicted octanol–water partition coefficient (Wildman–Crippen LogP) is -0.00530. The molecule has 0 aliphatic carbocycles. The van der Waals surface area contributed by atoms with E-state index in [1.165, 1.54) is 0 Å². The van der Waals surface area contributed by atoms with E-state index >= 15 is 0 Å². The number of fused-ring (bicyclic) bond motifs is 1. The molecule has 0 aromatic carbocycles. The summed E-state index contributed by atoms with van der Waals surface area (Å²) in [7, 11) is -4.11. The molecule has 2 fully saturated rings. The zero-order valence-corrected chi connectivity index (χ0v) is 10.7. The van der Waals surface area contributed by atoms with Crippen LogP contribution in [-0.2, 0) is 23.1 Å². The van der Waals surface area contributed by atoms with Crippen LogP contribution in [0.1, 0.15) is 6.42 Å². The molecule has 4 atom stereocenters. The van der Waals surface area contributed by atoms with Gasteiger partial charge < -0.3 is 9.63 Å². The third-order valence-electron chi connectivity index (χ3n) is 3.04. The number of ether oxygens (including phenoxy) is 1. The van der Waals surface area contributed by atoms with Crippen molar-refractivity contribution < 1.29 is 37.2 Å². The van der Waals surface area contributed by atoms with Crippen LogP contribution >= 0.6 is 7.82 Å². The van der Waals surface area contributed by atoms with Gasteiger partial charge in [0.05, 0.1) is 12.8 Å². The number of phosphoric ester groups is 1. The number of amides is 3. The number of urea groups is 1. The van der Waals surface area contributed by atoms with Crippen LogP contribution in [0.25, 0.3) is 0 Å². The largest absolute Gasteiger partial charge is 0.472 e. The molecule has 0 aromatic rings. The van der Waals surface area contributed by atoms with Crippen molar-refractivity contribution >= 4 is 19.8 Å². The number of phosphoric acid groups is 1. The first-order valence-electron chi connectivity index (χ1n) is 5.62. The molecular weight excluding hydrogens is 298 g/mol. The third kappa shape index (κ3) is 2.36. The molecule has 1 radical (unpaired) electrons. The number of halogens is 1. The van der Waals surface area contributed by atoms with E-state index < -0.39 is 44.0 Å². The van der Waals surface area contributed by atoms with Crippen molar-refractivity contribution in [2.45, 2.75) is 24.9 Å². The normalized spacial score (nSPS) is 41.2. The van der Waals surface area contributed by atoms with Crippen LogP contribution in [0.5, 0.6) is 0 Å². The highest BCUT2D eigenvalue weighted by molar-refractivity contribution is 7.47. The molecule has 3 aliphatic rings. The van der Waals surface area contributed by atoms with E-state index in [1.807, 2.05) is 0 Å². The fourth-order valence-corrected chi connectivity index (χ4v) is 3.10. The van der Waals surface area contributed by atoms with Crippen molar-refractivity contribution in [2.24, 2.45) is 0 Å². The number of rotatable bonds is 1. The van der Waals surface area contributed by atoms with Crippen LogP contribution in [0.4, 0.5) is 9.18 Å². The van der Waals surface area contributed by atoms with Gasteiger partial charge in [-0.2, -0.15) is 9.71 Å². The summed E-state index contributed by atoms with van der Waals surface area (Å²) in [5.41, 5.74) is 0. The fraction of sp³-hybridized carbons (Fsp3) is 0.556. The average Bonchev–Trinajstić information content (AvgIpc) is 2.74. The molecule has 9 nitrogen and oxygen atoms in total. The lowest BCUT2D eigenvalue weighted by molar-refractivity contribution is -0.119. The third-order valence-corrected chi connectivity index (χ3v) is 4.05. The van der Waals surface area contributed by atoms with Gasteiger partial charge in [0.25, 0.3) is 0 Å². The SMILES string of the molecule is O=C1[N]C(=O)N([C@H]2C[C@@H]3OP(=O)(O)OC[C@H]3O2)C=C1F. The molecule has 3 rings (SSSR count). The summed E-state index contributed by atoms with van der Waals surface area (Å²) < 4.78 is 39.2. The van der Waals surface area contributed by atoms with Crippen LogP contribution in [0.2, 0.25) is 0 Å². The van der Waals surface area contributed by atoms with Gasteiger partial charge in [-0.3, -0.25) is 18.7 Å². The standard InChI is InChI=1S/C9H9FN2O7P/c10-4-2-12(9(14)11-8(4)13)7-1-5-6(18-7)3-17-20(15,16)19-5/h2,5-7H,1,3H2,(H,15,16)/t5-,6+,7+/m0/s1. The van der Waals surface area contributed by atoms with Crippen LogP contribution in [0.3, 0.4) is 0 Å². The molecule has 3 amide bonds. The van der Waals surface area contributed by atoms with Gasteiger partial charge in [0.2, 0.25) is 5.83 Å². The van der Waals surface area contributed by atoms with Crippen LogP contribution < -0.4 is 5.32 Å². The highest BCUT2D eigenvalue weighted by Crippen LogP contribution is 2.51. The Labute approximate surface area is 111 Å². The first-order chi connectivity index (χ1) is 9.35. The maximum atomic E-state index is 13.2. The Balaban J connectivity index is 1.76. The second-order valence-corrected chi connectivity index (χ2v) is 5.76. The minimum absolute atomic E-state index is 0.0395. The minimum atomic E-state index is -4.11. The molecule has 11 heteroatoms. The predicted molar refractivity (Wildman–Crippen MR) is 57.5 cm³/mol. The average molecular weight is 307 g/mol. The van der Waals surface area contributed by atoms with Crippen molar-refractivity contribution in [3.05, 3.63) is 12.0 Å². The summed E-state index contributed by atoms with van der Waals surface area (Å²) in [6.45, 7) is -0.181. The lowest BCUT2D eigenvalue weighted by atomic mass is 10.2. The van der Waals surface area contributed by atoms with Crippen molar-refractivity contribution in [3.8, 4) is 0 Å². The summed E-state index contributed by atoms with van der Waals surface area (Å²) in [4.78, 5) is 32.4. The van der Waals surface area contributed by atoms with Gasteiger partial charge in [0.15, 0.2) is 0 Å². The molecule has 0 bridgehead atoms. The summed E-state index contributed by atoms with van der Waals surface area (Å²) in [6, 6.07) is -0.965. The van der Waals surface area contributed by atoms with E-state index in [4.69, 9.17) is 9.26 Å². The summed E-state index contributed by atoms with van der Waals surface area (Å²) in [5, 5.41) is 2.98. The van der Waals surface area contributed by atoms with Crippen molar-refractivity contribution in [3.63, 3.8) is 0 Å². The van der Waals surface area contributed by atoms with Gasteiger partial charge in [0.1, 0.15) is 18.4 Å². The van der Waals surface area contributed by atoms with Crippen molar-refractivity contribution in [1.82, 2.24) is 10.2 Å². The first-order valence-corrected chi connectivity index (χ1v) is 7.12. The minimum Gasteiger partial charge on any atom is -0.349 e. The van der Waals surface area contributed by atoms with Gasteiger partial charge in [-0.05, 0) is 0 Å². The Morgan fingerprint density at radius 2 is 2.20 bits per heavy atom. The molecule has 3 aliphatic heterocycles. The molecule has 0 aromatic heterocycles. The summed E-state index contributed by atoms with van der Waals surface area (Å²) in [6.07, 6.45) is -1.62. The monoisotopic (exact) mass is 307 g/mol. The number of carbonyl (C=O) groups excluding carboxylic acids is 2. The number of imide groups is 1. The maximum absolute atomic E-state index is 13.2. The first kappa shape index (κ1) is 13.7. The van der Waals surface area contributed by atoms with E-state index in [0.29, 0.717) is 6.20 Å². The number of nitrogens with zero attached hydrogens (tertiary/aromatic N) is 2. The molecule has 0 saturated carbocycles. The zero-order valence-electron chi connectivity index (χ0n) is 9.84. The van der Waals surface area contributed by atoms with Crippen molar-refractivity contribution in [1.29, 1.82) is 0 Å². The number of hydrogen-bond donors (Lipinski definition) is 1. The smallest absolute Gasteiger partial charge is 0.349 e. The Morgan fingerprint density at radius 1 is 1.45 bits per heavy atom. The molecule has 1 unspecified atom stereocenters. The van der Waals surface area contributed by atoms with Crippen LogP contribution in [-0.4, -0.2) is 46.8 Å². The molecule has 1 N–H and O–H groups in total. The van der Waals surface area contributed by atoms with E-state index in [9.17, 15) is 23.4 Å². The number of carbonyl (C=O) groups is 2. The van der Waals surface area contributed by atoms with E-state index in [1.54, 1.807) is 0 Å². The van der Waals surface area contributed by atoms with E-state index in [-0.39, 0.29) is 13.0 Å². The summed E-state index contributed by atoms with van der Waals surface area (Å²) >= 11 is 0. The molecule has 109 valence electrons. The zero-order chi connectivity index (χ0) is 14.5. The van der Waals surface area contributed by atoms with E-state index in [0.717, 1.165) is 4.90 Å². The number of hydrogen-bond acceptors (Lipinski definition) is 6. The second kappa shape index (κ2) is 4.61. The quantitative estimate of drug-likeness (QED) is 0.677. The van der Waals surface area contributed by atoms with Crippen LogP contribution in [0, 0.1) is 0 Å². The van der Waals surface area contributed by atoms with E-state index in [2.05, 4.69) is 9.84 Å². The Bertz CT molecular complexity index is 552. The lowest BCUT2D eigenvalue weighted by Gasteiger charge is -2.27. The molecule has 20 heavy (non-hydrogen) atoms. The molecule has 3 heterocycles. The maximum Gasteiger partial charge on any atom is 0.472 e. The van der Waals surface area contributed by atoms with Gasteiger partial charge in [0, 0.05) is 6.42 Å². The highest BCUT2D eigenvalue weighted by Gasteiger charge is 2.48. The topological polar surface area (TPSA) is 116 Å². The molecule has 0 spiro atoms. The fourth-order valence-electron chi connectivity index (χ4n) is 2.14. The highest BCUT2D eigenvalue weighted by atomic mass is 31.2. The Kier molecular flexibility index (Phi) is 3.14. The van der Waals surface area contributed by atoms with Crippen molar-refractivity contribution in [2.75, 3.05) is 6.61 Å². The van der Waals surface area contributed by atoms with Crippen LogP contribution in [0.15, 0.2) is 12.0 Å². The van der Waals surface area contributed by atoms with Gasteiger partial charge in [-0.1, -0.05) is 0 Å². The summed E-state index contributed by atoms with van der Waals surface area (Å²) in [5.74, 6) is -2.44. The van der Waals surface area contributed by atoms with Gasteiger partial charge in [-0.15, -0.1) is 0 Å². The molecular formula is C9H9FN2O7P. The van der Waals surface area contributed by atoms with Gasteiger partial charge >= 0.3 is 19.8 Å². The van der Waals surface area contributed by atoms with Gasteiger partial charge in [-0.25, -0.2) is 9.36 Å².